The van der Waals surface area contributed by atoms with Crippen molar-refractivity contribution in [3.05, 3.63) is 41.3 Å². The second-order valence-electron chi connectivity index (χ2n) is 5.82. The highest BCUT2D eigenvalue weighted by Gasteiger charge is 2.29. The summed E-state index contributed by atoms with van der Waals surface area (Å²) in [5.41, 5.74) is 2.26. The van der Waals surface area contributed by atoms with Crippen LogP contribution < -0.4 is 5.32 Å². The van der Waals surface area contributed by atoms with Gasteiger partial charge >= 0.3 is 0 Å². The fourth-order valence-electron chi connectivity index (χ4n) is 2.68. The number of aryl methyl sites for hydroxylation is 2. The summed E-state index contributed by atoms with van der Waals surface area (Å²) in [5, 5.41) is 7.09. The Kier molecular flexibility index (Phi) is 3.93. The molecule has 0 aromatic carbocycles. The molecule has 0 spiro atoms. The number of carbonyl (C=O) groups excluding carboxylic acids is 1. The topological polar surface area (TPSA) is 94.0 Å². The molecule has 3 heterocycles. The molecule has 0 unspecified atom stereocenters. The Balaban J connectivity index is 1.72. The largest absolute Gasteiger partial charge is 0.348 e. The van der Waals surface area contributed by atoms with Gasteiger partial charge in [0.25, 0.3) is 5.91 Å². The molecule has 122 valence electrons. The van der Waals surface area contributed by atoms with Gasteiger partial charge in [-0.1, -0.05) is 0 Å². The zero-order valence-electron chi connectivity index (χ0n) is 13.0. The first kappa shape index (κ1) is 15.7. The lowest BCUT2D eigenvalue weighted by atomic mass is 10.2. The zero-order valence-corrected chi connectivity index (χ0v) is 13.8. The van der Waals surface area contributed by atoms with Gasteiger partial charge in [0.1, 0.15) is 0 Å². The number of hydrogen-bond acceptors (Lipinski definition) is 5. The molecule has 1 amide bonds. The first-order chi connectivity index (χ1) is 10.8. The summed E-state index contributed by atoms with van der Waals surface area (Å²) in [6, 6.07) is 5.02. The van der Waals surface area contributed by atoms with Gasteiger partial charge in [-0.25, -0.2) is 18.1 Å². The molecule has 1 saturated heterocycles. The summed E-state index contributed by atoms with van der Waals surface area (Å²) in [7, 11) is -3.01. The van der Waals surface area contributed by atoms with E-state index in [0.29, 0.717) is 17.8 Å². The van der Waals surface area contributed by atoms with Crippen LogP contribution in [0.1, 0.15) is 28.2 Å². The Labute approximate surface area is 134 Å². The highest BCUT2D eigenvalue weighted by Crippen LogP contribution is 2.13. The molecule has 0 bridgehead atoms. The van der Waals surface area contributed by atoms with E-state index in [0.717, 1.165) is 11.4 Å². The van der Waals surface area contributed by atoms with Crippen molar-refractivity contribution in [2.24, 2.45) is 0 Å². The molecule has 8 heteroatoms. The first-order valence-corrected chi connectivity index (χ1v) is 9.17. The van der Waals surface area contributed by atoms with Crippen molar-refractivity contribution >= 4 is 15.7 Å². The van der Waals surface area contributed by atoms with Crippen molar-refractivity contribution < 1.29 is 13.2 Å². The van der Waals surface area contributed by atoms with Gasteiger partial charge in [-0.15, -0.1) is 0 Å². The number of sulfone groups is 1. The zero-order chi connectivity index (χ0) is 16.6. The summed E-state index contributed by atoms with van der Waals surface area (Å²) >= 11 is 0. The van der Waals surface area contributed by atoms with E-state index in [1.54, 1.807) is 16.8 Å². The molecule has 2 aromatic rings. The molecule has 1 atom stereocenters. The fourth-order valence-corrected chi connectivity index (χ4v) is 4.36. The molecule has 1 fully saturated rings. The molecule has 1 N–H and O–H groups in total. The van der Waals surface area contributed by atoms with Crippen LogP contribution in [-0.4, -0.2) is 46.6 Å². The lowest BCUT2D eigenvalue weighted by Gasteiger charge is -2.11. The van der Waals surface area contributed by atoms with Crippen molar-refractivity contribution in [1.82, 2.24) is 20.1 Å². The number of amides is 1. The maximum atomic E-state index is 12.2. The summed E-state index contributed by atoms with van der Waals surface area (Å²) in [6.07, 6.45) is 1.94. The number of carbonyl (C=O) groups is 1. The third-order valence-electron chi connectivity index (χ3n) is 3.80. The second kappa shape index (κ2) is 5.77. The Morgan fingerprint density at radius 3 is 2.65 bits per heavy atom. The number of rotatable bonds is 3. The number of nitrogens with zero attached hydrogens (tertiary/aromatic N) is 3. The monoisotopic (exact) mass is 334 g/mol. The van der Waals surface area contributed by atoms with Crippen LogP contribution in [0.25, 0.3) is 5.82 Å². The van der Waals surface area contributed by atoms with Gasteiger partial charge in [-0.05, 0) is 38.5 Å². The predicted octanol–water partition coefficient (Wildman–Crippen LogP) is 0.801. The van der Waals surface area contributed by atoms with Crippen molar-refractivity contribution in [3.63, 3.8) is 0 Å². The number of aromatic nitrogens is 3. The molecular formula is C15H18N4O3S. The third kappa shape index (κ3) is 3.42. The van der Waals surface area contributed by atoms with E-state index < -0.39 is 9.84 Å². The molecule has 23 heavy (non-hydrogen) atoms. The van der Waals surface area contributed by atoms with E-state index >= 15 is 0 Å². The van der Waals surface area contributed by atoms with E-state index in [1.807, 2.05) is 19.9 Å². The van der Waals surface area contributed by atoms with E-state index in [1.165, 1.54) is 6.20 Å². The molecule has 0 saturated carbocycles. The minimum Gasteiger partial charge on any atom is -0.348 e. The second-order valence-corrected chi connectivity index (χ2v) is 8.05. The molecule has 0 radical (unpaired) electrons. The maximum Gasteiger partial charge on any atom is 0.253 e. The highest BCUT2D eigenvalue weighted by atomic mass is 32.2. The minimum absolute atomic E-state index is 0.00993. The third-order valence-corrected chi connectivity index (χ3v) is 5.57. The Morgan fingerprint density at radius 2 is 2.13 bits per heavy atom. The molecule has 1 aliphatic heterocycles. The van der Waals surface area contributed by atoms with Crippen molar-refractivity contribution in [1.29, 1.82) is 0 Å². The number of hydrogen-bond donors (Lipinski definition) is 1. The summed E-state index contributed by atoms with van der Waals surface area (Å²) in [4.78, 5) is 16.4. The predicted molar refractivity (Wildman–Crippen MR) is 85.4 cm³/mol. The van der Waals surface area contributed by atoms with E-state index in [2.05, 4.69) is 15.4 Å². The molecular weight excluding hydrogens is 316 g/mol. The van der Waals surface area contributed by atoms with Crippen molar-refractivity contribution in [2.75, 3.05) is 11.5 Å². The SMILES string of the molecule is Cc1cc(C)n(-c2ccc(C(=O)N[C@@H]3CCS(=O)(=O)C3)cn2)n1. The van der Waals surface area contributed by atoms with Crippen molar-refractivity contribution in [2.45, 2.75) is 26.3 Å². The average molecular weight is 334 g/mol. The van der Waals surface area contributed by atoms with Gasteiger partial charge in [0.15, 0.2) is 15.7 Å². The minimum atomic E-state index is -3.01. The molecule has 1 aliphatic rings. The van der Waals surface area contributed by atoms with Crippen LogP contribution >= 0.6 is 0 Å². The van der Waals surface area contributed by atoms with Crippen LogP contribution in [0.3, 0.4) is 0 Å². The highest BCUT2D eigenvalue weighted by molar-refractivity contribution is 7.91. The van der Waals surface area contributed by atoms with Gasteiger partial charge < -0.3 is 5.32 Å². The van der Waals surface area contributed by atoms with Crippen LogP contribution in [0.5, 0.6) is 0 Å². The number of nitrogens with one attached hydrogen (secondary N) is 1. The van der Waals surface area contributed by atoms with Crippen LogP contribution in [0.15, 0.2) is 24.4 Å². The van der Waals surface area contributed by atoms with Gasteiger partial charge in [0.05, 0.1) is 22.8 Å². The van der Waals surface area contributed by atoms with Gasteiger partial charge in [0.2, 0.25) is 0 Å². The fraction of sp³-hybridized carbons (Fsp3) is 0.400. The summed E-state index contributed by atoms with van der Waals surface area (Å²) in [6.45, 7) is 3.84. The Morgan fingerprint density at radius 1 is 1.35 bits per heavy atom. The lowest BCUT2D eigenvalue weighted by molar-refractivity contribution is 0.0941. The van der Waals surface area contributed by atoms with Gasteiger partial charge in [0, 0.05) is 17.9 Å². The Hall–Kier alpha value is -2.22. The molecule has 3 rings (SSSR count). The van der Waals surface area contributed by atoms with Gasteiger partial charge in [-0.2, -0.15) is 5.10 Å². The average Bonchev–Trinajstić information content (AvgIpc) is 3.00. The van der Waals surface area contributed by atoms with E-state index in [-0.39, 0.29) is 23.5 Å². The standard InChI is InChI=1S/C15H18N4O3S/c1-10-7-11(2)19(18-10)14-4-3-12(8-16-14)15(20)17-13-5-6-23(21,22)9-13/h3-4,7-8,13H,5-6,9H2,1-2H3,(H,17,20)/t13-/m1/s1. The quantitative estimate of drug-likeness (QED) is 0.896. The lowest BCUT2D eigenvalue weighted by Crippen LogP contribution is -2.35. The number of pyridine rings is 1. The molecule has 0 aliphatic carbocycles. The van der Waals surface area contributed by atoms with Gasteiger partial charge in [-0.3, -0.25) is 4.79 Å². The van der Waals surface area contributed by atoms with Crippen LogP contribution in [0.2, 0.25) is 0 Å². The van der Waals surface area contributed by atoms with E-state index in [4.69, 9.17) is 0 Å². The van der Waals surface area contributed by atoms with Crippen LogP contribution in [0.4, 0.5) is 0 Å². The Bertz CT molecular complexity index is 840. The molecule has 2 aromatic heterocycles. The summed E-state index contributed by atoms with van der Waals surface area (Å²) in [5.74, 6) is 0.471. The van der Waals surface area contributed by atoms with Crippen LogP contribution in [-0.2, 0) is 9.84 Å². The summed E-state index contributed by atoms with van der Waals surface area (Å²) < 4.78 is 24.6. The molecule has 7 nitrogen and oxygen atoms in total. The first-order valence-electron chi connectivity index (χ1n) is 7.35. The van der Waals surface area contributed by atoms with Crippen LogP contribution in [0, 0.1) is 13.8 Å². The smallest absolute Gasteiger partial charge is 0.253 e. The maximum absolute atomic E-state index is 12.2. The normalized spacial score (nSPS) is 19.7. The van der Waals surface area contributed by atoms with Crippen molar-refractivity contribution in [3.8, 4) is 5.82 Å². The van der Waals surface area contributed by atoms with E-state index in [9.17, 15) is 13.2 Å².